The van der Waals surface area contributed by atoms with Crippen molar-refractivity contribution in [2.75, 3.05) is 38.7 Å². The van der Waals surface area contributed by atoms with Crippen LogP contribution in [0.1, 0.15) is 24.2 Å². The van der Waals surface area contributed by atoms with Gasteiger partial charge < -0.3 is 24.5 Å². The molecule has 0 amide bonds. The van der Waals surface area contributed by atoms with Crippen LogP contribution in [0.25, 0.3) is 10.9 Å². The largest absolute Gasteiger partial charge is 0.497 e. The highest BCUT2D eigenvalue weighted by Gasteiger charge is 2.38. The van der Waals surface area contributed by atoms with Crippen LogP contribution in [-0.4, -0.2) is 55.4 Å². The van der Waals surface area contributed by atoms with Crippen LogP contribution in [0.3, 0.4) is 0 Å². The van der Waals surface area contributed by atoms with Gasteiger partial charge in [-0.05, 0) is 19.1 Å². The van der Waals surface area contributed by atoms with Crippen molar-refractivity contribution in [3.05, 3.63) is 53.5 Å². The fourth-order valence-corrected chi connectivity index (χ4v) is 4.77. The third-order valence-corrected chi connectivity index (χ3v) is 6.41. The van der Waals surface area contributed by atoms with Gasteiger partial charge in [0.15, 0.2) is 0 Å². The lowest BCUT2D eigenvalue weighted by Crippen LogP contribution is -2.54. The summed E-state index contributed by atoms with van der Waals surface area (Å²) in [5, 5.41) is 3.84. The molecule has 5 rings (SSSR count). The Kier molecular flexibility index (Phi) is 5.81. The Labute approximate surface area is 193 Å². The molecule has 2 aliphatic rings. The second-order valence-electron chi connectivity index (χ2n) is 8.68. The van der Waals surface area contributed by atoms with Crippen molar-refractivity contribution < 1.29 is 31.8 Å². The molecule has 2 N–H and O–H groups in total. The molecule has 3 aromatic rings. The molecular weight excluding hydrogens is 454 g/mol. The molecule has 182 valence electrons. The highest BCUT2D eigenvalue weighted by Crippen LogP contribution is 2.41. The van der Waals surface area contributed by atoms with E-state index >= 15 is 0 Å². The maximum atomic E-state index is 13.9. The zero-order chi connectivity index (χ0) is 24.0. The monoisotopic (exact) mass is 479 g/mol. The number of ether oxygens (including phenoxy) is 3. The summed E-state index contributed by atoms with van der Waals surface area (Å²) in [7, 11) is 1.46. The van der Waals surface area contributed by atoms with Gasteiger partial charge in [0.25, 0.3) is 0 Å². The van der Waals surface area contributed by atoms with Gasteiger partial charge in [-0.25, -0.2) is 4.39 Å². The summed E-state index contributed by atoms with van der Waals surface area (Å²) >= 11 is 0. The van der Waals surface area contributed by atoms with Crippen molar-refractivity contribution in [3.63, 3.8) is 0 Å². The quantitative estimate of drug-likeness (QED) is 0.518. The van der Waals surface area contributed by atoms with E-state index in [1.807, 2.05) is 6.92 Å². The summed E-state index contributed by atoms with van der Waals surface area (Å²) in [5.74, 6) is 0.410. The summed E-state index contributed by atoms with van der Waals surface area (Å²) in [6.07, 6.45) is -4.48. The van der Waals surface area contributed by atoms with Gasteiger partial charge in [0.05, 0.1) is 37.4 Å². The van der Waals surface area contributed by atoms with E-state index < -0.39 is 17.7 Å². The summed E-state index contributed by atoms with van der Waals surface area (Å²) < 4.78 is 71.1. The van der Waals surface area contributed by atoms with Crippen molar-refractivity contribution in [1.82, 2.24) is 9.88 Å². The Morgan fingerprint density at radius 1 is 1.18 bits per heavy atom. The maximum Gasteiger partial charge on any atom is 0.431 e. The first-order valence-corrected chi connectivity index (χ1v) is 11.1. The standard InChI is InChI=1S/C24H25F4N3O3/c1-13-11-31(5-6-33-13)20-12-34-21-7-14(25)3-4-16(21)23(20)30-19-9-15(32-2)8-18-17(19)10-22(29-18)24(26,27)28/h3-4,7-10,13,20,23,29-30H,5-6,11-12H2,1-2H3. The lowest BCUT2D eigenvalue weighted by molar-refractivity contribution is -0.140. The van der Waals surface area contributed by atoms with Crippen LogP contribution in [0.5, 0.6) is 11.5 Å². The minimum Gasteiger partial charge on any atom is -0.497 e. The summed E-state index contributed by atoms with van der Waals surface area (Å²) in [4.78, 5) is 4.69. The normalized spacial score (nSPS) is 23.4. The van der Waals surface area contributed by atoms with E-state index in [0.29, 0.717) is 54.4 Å². The molecule has 3 heterocycles. The molecular formula is C24H25F4N3O3. The molecule has 0 spiro atoms. The van der Waals surface area contributed by atoms with Gasteiger partial charge in [-0.15, -0.1) is 0 Å². The van der Waals surface area contributed by atoms with E-state index in [9.17, 15) is 17.6 Å². The molecule has 3 atom stereocenters. The summed E-state index contributed by atoms with van der Waals surface area (Å²) in [6, 6.07) is 8.14. The van der Waals surface area contributed by atoms with Gasteiger partial charge >= 0.3 is 6.18 Å². The molecule has 0 radical (unpaired) electrons. The average molecular weight is 479 g/mol. The molecule has 6 nitrogen and oxygen atoms in total. The van der Waals surface area contributed by atoms with Gasteiger partial charge in [-0.3, -0.25) is 4.90 Å². The number of hydrogen-bond acceptors (Lipinski definition) is 5. The third kappa shape index (κ3) is 4.27. The number of morpholine rings is 1. The highest BCUT2D eigenvalue weighted by molar-refractivity contribution is 5.94. The Morgan fingerprint density at radius 2 is 2.00 bits per heavy atom. The third-order valence-electron chi connectivity index (χ3n) is 6.41. The fraction of sp³-hybridized carbons (Fsp3) is 0.417. The topological polar surface area (TPSA) is 58.7 Å². The van der Waals surface area contributed by atoms with Crippen LogP contribution in [-0.2, 0) is 10.9 Å². The van der Waals surface area contributed by atoms with Gasteiger partial charge in [0.2, 0.25) is 0 Å². The van der Waals surface area contributed by atoms with E-state index in [1.165, 1.54) is 25.3 Å². The lowest BCUT2D eigenvalue weighted by Gasteiger charge is -2.44. The second kappa shape index (κ2) is 8.66. The molecule has 0 aliphatic carbocycles. The smallest absolute Gasteiger partial charge is 0.431 e. The molecule has 10 heteroatoms. The Morgan fingerprint density at radius 3 is 2.74 bits per heavy atom. The van der Waals surface area contributed by atoms with E-state index in [1.54, 1.807) is 12.1 Å². The first kappa shape index (κ1) is 22.8. The Balaban J connectivity index is 1.59. The molecule has 34 heavy (non-hydrogen) atoms. The van der Waals surface area contributed by atoms with Crippen molar-refractivity contribution in [2.45, 2.75) is 31.3 Å². The predicted molar refractivity (Wildman–Crippen MR) is 119 cm³/mol. The number of H-pyrrole nitrogens is 1. The number of halogens is 4. The zero-order valence-electron chi connectivity index (χ0n) is 18.7. The number of benzene rings is 2. The van der Waals surface area contributed by atoms with Crippen LogP contribution in [0, 0.1) is 5.82 Å². The number of fused-ring (bicyclic) bond motifs is 2. The average Bonchev–Trinajstić information content (AvgIpc) is 3.24. The van der Waals surface area contributed by atoms with E-state index in [2.05, 4.69) is 15.2 Å². The fourth-order valence-electron chi connectivity index (χ4n) is 4.77. The number of aromatic nitrogens is 1. The number of rotatable bonds is 4. The van der Waals surface area contributed by atoms with Crippen molar-refractivity contribution >= 4 is 16.6 Å². The van der Waals surface area contributed by atoms with Crippen LogP contribution in [0.2, 0.25) is 0 Å². The number of aromatic amines is 1. The van der Waals surface area contributed by atoms with Crippen LogP contribution in [0.15, 0.2) is 36.4 Å². The molecule has 1 saturated heterocycles. The van der Waals surface area contributed by atoms with E-state index in [-0.39, 0.29) is 18.2 Å². The molecule has 0 saturated carbocycles. The van der Waals surface area contributed by atoms with Crippen LogP contribution >= 0.6 is 0 Å². The van der Waals surface area contributed by atoms with E-state index in [4.69, 9.17) is 14.2 Å². The van der Waals surface area contributed by atoms with Gasteiger partial charge in [0.1, 0.15) is 29.6 Å². The summed E-state index contributed by atoms with van der Waals surface area (Å²) in [5.41, 5.74) is 0.679. The zero-order valence-corrected chi connectivity index (χ0v) is 18.7. The van der Waals surface area contributed by atoms with E-state index in [0.717, 1.165) is 11.6 Å². The number of nitrogens with zero attached hydrogens (tertiary/aromatic N) is 1. The van der Waals surface area contributed by atoms with Crippen molar-refractivity contribution in [2.24, 2.45) is 0 Å². The highest BCUT2D eigenvalue weighted by atomic mass is 19.4. The van der Waals surface area contributed by atoms with Gasteiger partial charge in [-0.1, -0.05) is 6.07 Å². The second-order valence-corrected chi connectivity index (χ2v) is 8.68. The predicted octanol–water partition coefficient (Wildman–Crippen LogP) is 4.97. The van der Waals surface area contributed by atoms with Gasteiger partial charge in [0, 0.05) is 47.9 Å². The minimum absolute atomic E-state index is 0.0339. The van der Waals surface area contributed by atoms with Crippen molar-refractivity contribution in [3.8, 4) is 11.5 Å². The minimum atomic E-state index is -4.52. The number of nitrogens with one attached hydrogen (secondary N) is 2. The number of methoxy groups -OCH3 is 1. The van der Waals surface area contributed by atoms with Crippen LogP contribution in [0.4, 0.5) is 23.2 Å². The van der Waals surface area contributed by atoms with Crippen LogP contribution < -0.4 is 14.8 Å². The molecule has 1 aromatic heterocycles. The SMILES string of the molecule is COc1cc(NC2c3ccc(F)cc3OCC2N2CCOC(C)C2)c2cc(C(F)(F)F)[nH]c2c1. The Hall–Kier alpha value is -2.98. The maximum absolute atomic E-state index is 13.9. The molecule has 2 aromatic carbocycles. The van der Waals surface area contributed by atoms with Gasteiger partial charge in [-0.2, -0.15) is 13.2 Å². The Bertz CT molecular complexity index is 1200. The first-order valence-electron chi connectivity index (χ1n) is 11.1. The molecule has 3 unspecified atom stereocenters. The number of hydrogen-bond donors (Lipinski definition) is 2. The summed E-state index contributed by atoms with van der Waals surface area (Å²) in [6.45, 7) is 4.22. The lowest BCUT2D eigenvalue weighted by atomic mass is 9.93. The molecule has 2 aliphatic heterocycles. The number of alkyl halides is 3. The first-order chi connectivity index (χ1) is 16.2. The number of anilines is 1. The van der Waals surface area contributed by atoms with Crippen molar-refractivity contribution in [1.29, 1.82) is 0 Å². The molecule has 1 fully saturated rings. The molecule has 0 bridgehead atoms.